The summed E-state index contributed by atoms with van der Waals surface area (Å²) in [6.45, 7) is 4.10. The van der Waals surface area contributed by atoms with Gasteiger partial charge in [-0.05, 0) is 37.8 Å². The smallest absolute Gasteiger partial charge is 0.321 e. The van der Waals surface area contributed by atoms with Crippen molar-refractivity contribution < 1.29 is 9.90 Å². The number of hydrogen-bond donors (Lipinski definition) is 3. The highest BCUT2D eigenvalue weighted by atomic mass is 32.1. The van der Waals surface area contributed by atoms with Gasteiger partial charge in [0.05, 0.1) is 4.88 Å². The number of aliphatic hydroxyl groups excluding tert-OH is 1. The zero-order valence-corrected chi connectivity index (χ0v) is 13.6. The Balaban J connectivity index is 1.95. The Morgan fingerprint density at radius 2 is 2.18 bits per heavy atom. The predicted octanol–water partition coefficient (Wildman–Crippen LogP) is 3.40. The molecule has 2 amide bonds. The minimum atomic E-state index is -0.267. The number of hydrogen-bond acceptors (Lipinski definition) is 4. The fourth-order valence-corrected chi connectivity index (χ4v) is 3.03. The summed E-state index contributed by atoms with van der Waals surface area (Å²) in [5, 5.41) is 14.9. The first-order valence-electron chi connectivity index (χ1n) is 7.30. The average molecular weight is 319 g/mol. The van der Waals surface area contributed by atoms with E-state index in [-0.39, 0.29) is 18.7 Å². The van der Waals surface area contributed by atoms with E-state index >= 15 is 0 Å². The van der Waals surface area contributed by atoms with E-state index in [1.54, 1.807) is 6.20 Å². The highest BCUT2D eigenvalue weighted by Crippen LogP contribution is 2.30. The Morgan fingerprint density at radius 1 is 1.41 bits per heavy atom. The zero-order chi connectivity index (χ0) is 15.9. The molecule has 6 heteroatoms. The van der Waals surface area contributed by atoms with Crippen molar-refractivity contribution in [1.29, 1.82) is 0 Å². The molecule has 1 heterocycles. The van der Waals surface area contributed by atoms with Crippen LogP contribution in [0.5, 0.6) is 0 Å². The van der Waals surface area contributed by atoms with Gasteiger partial charge in [0.2, 0.25) is 0 Å². The molecule has 0 bridgehead atoms. The molecule has 0 saturated carbocycles. The molecular formula is C16H21N3O2S. The highest BCUT2D eigenvalue weighted by molar-refractivity contribution is 7.19. The number of carbonyl (C=O) groups excluding carboxylic acids is 1. The van der Waals surface area contributed by atoms with Crippen LogP contribution in [-0.4, -0.2) is 28.8 Å². The number of anilines is 1. The number of aromatic nitrogens is 1. The molecule has 2 rings (SSSR count). The van der Waals surface area contributed by atoms with E-state index in [0.29, 0.717) is 11.6 Å². The standard InChI is InChI=1S/C16H21N3O2S/c1-11-6-3-4-8-13(11)14-10-17-16(22-14)19-15(21)18-12(2)7-5-9-20/h3-4,6,8,10,12,20H,5,7,9H2,1-2H3,(H2,17,18,19,21). The molecule has 118 valence electrons. The van der Waals surface area contributed by atoms with Crippen LogP contribution in [0, 0.1) is 6.92 Å². The van der Waals surface area contributed by atoms with Gasteiger partial charge in [0, 0.05) is 18.8 Å². The van der Waals surface area contributed by atoms with Crippen LogP contribution in [0.3, 0.4) is 0 Å². The molecule has 0 aliphatic heterocycles. The van der Waals surface area contributed by atoms with Gasteiger partial charge in [0.1, 0.15) is 0 Å². The Labute approximate surface area is 134 Å². The van der Waals surface area contributed by atoms with Gasteiger partial charge >= 0.3 is 6.03 Å². The Morgan fingerprint density at radius 3 is 2.91 bits per heavy atom. The third-order valence-electron chi connectivity index (χ3n) is 3.31. The molecule has 3 N–H and O–H groups in total. The van der Waals surface area contributed by atoms with Crippen LogP contribution in [0.4, 0.5) is 9.93 Å². The second-order valence-corrected chi connectivity index (χ2v) is 6.24. The van der Waals surface area contributed by atoms with Crippen molar-refractivity contribution in [3.8, 4) is 10.4 Å². The molecule has 0 fully saturated rings. The first kappa shape index (κ1) is 16.5. The molecule has 1 atom stereocenters. The van der Waals surface area contributed by atoms with Gasteiger partial charge in [-0.15, -0.1) is 0 Å². The molecule has 22 heavy (non-hydrogen) atoms. The van der Waals surface area contributed by atoms with Crippen molar-refractivity contribution in [2.24, 2.45) is 0 Å². The lowest BCUT2D eigenvalue weighted by Crippen LogP contribution is -2.36. The molecule has 5 nitrogen and oxygen atoms in total. The second-order valence-electron chi connectivity index (χ2n) is 5.21. The van der Waals surface area contributed by atoms with Crippen LogP contribution in [0.25, 0.3) is 10.4 Å². The monoisotopic (exact) mass is 319 g/mol. The normalized spacial score (nSPS) is 12.0. The van der Waals surface area contributed by atoms with Crippen LogP contribution in [0.15, 0.2) is 30.5 Å². The van der Waals surface area contributed by atoms with E-state index in [1.165, 1.54) is 16.9 Å². The zero-order valence-electron chi connectivity index (χ0n) is 12.8. The molecule has 1 aromatic heterocycles. The minimum absolute atomic E-state index is 0.0166. The van der Waals surface area contributed by atoms with Crippen molar-refractivity contribution in [3.05, 3.63) is 36.0 Å². The van der Waals surface area contributed by atoms with Crippen molar-refractivity contribution in [3.63, 3.8) is 0 Å². The lowest BCUT2D eigenvalue weighted by atomic mass is 10.1. The predicted molar refractivity (Wildman–Crippen MR) is 90.2 cm³/mol. The molecule has 2 aromatic rings. The summed E-state index contributed by atoms with van der Waals surface area (Å²) < 4.78 is 0. The van der Waals surface area contributed by atoms with Gasteiger partial charge in [-0.3, -0.25) is 5.32 Å². The van der Waals surface area contributed by atoms with E-state index in [4.69, 9.17) is 5.11 Å². The topological polar surface area (TPSA) is 74.2 Å². The summed E-state index contributed by atoms with van der Waals surface area (Å²) in [6.07, 6.45) is 3.20. The van der Waals surface area contributed by atoms with Gasteiger partial charge in [0.25, 0.3) is 0 Å². The first-order chi connectivity index (χ1) is 10.6. The molecule has 0 spiro atoms. The lowest BCUT2D eigenvalue weighted by Gasteiger charge is -2.12. The Hall–Kier alpha value is -1.92. The minimum Gasteiger partial charge on any atom is -0.396 e. The van der Waals surface area contributed by atoms with Crippen molar-refractivity contribution in [2.75, 3.05) is 11.9 Å². The summed E-state index contributed by atoms with van der Waals surface area (Å²) in [4.78, 5) is 17.2. The number of benzene rings is 1. The van der Waals surface area contributed by atoms with Crippen LogP contribution in [0.1, 0.15) is 25.3 Å². The fourth-order valence-electron chi connectivity index (χ4n) is 2.13. The highest BCUT2D eigenvalue weighted by Gasteiger charge is 2.11. The number of nitrogens with one attached hydrogen (secondary N) is 2. The molecule has 1 unspecified atom stereocenters. The van der Waals surface area contributed by atoms with E-state index in [0.717, 1.165) is 16.9 Å². The van der Waals surface area contributed by atoms with E-state index in [2.05, 4.69) is 28.6 Å². The molecule has 0 saturated heterocycles. The van der Waals surface area contributed by atoms with Crippen molar-refractivity contribution in [2.45, 2.75) is 32.7 Å². The maximum absolute atomic E-state index is 11.9. The third-order valence-corrected chi connectivity index (χ3v) is 4.26. The van der Waals surface area contributed by atoms with Crippen LogP contribution < -0.4 is 10.6 Å². The number of thiazole rings is 1. The van der Waals surface area contributed by atoms with E-state index in [9.17, 15) is 4.79 Å². The molecule has 0 aliphatic carbocycles. The van der Waals surface area contributed by atoms with Gasteiger partial charge in [-0.2, -0.15) is 0 Å². The van der Waals surface area contributed by atoms with Crippen molar-refractivity contribution in [1.82, 2.24) is 10.3 Å². The Kier molecular flexibility index (Phi) is 5.91. The molecule has 0 aliphatic rings. The van der Waals surface area contributed by atoms with E-state index < -0.39 is 0 Å². The largest absolute Gasteiger partial charge is 0.396 e. The van der Waals surface area contributed by atoms with Gasteiger partial charge in [-0.25, -0.2) is 9.78 Å². The number of aryl methyl sites for hydroxylation is 1. The van der Waals surface area contributed by atoms with Crippen LogP contribution in [0.2, 0.25) is 0 Å². The maximum atomic E-state index is 11.9. The summed E-state index contributed by atoms with van der Waals surface area (Å²) in [5.74, 6) is 0. The van der Waals surface area contributed by atoms with Gasteiger partial charge < -0.3 is 10.4 Å². The first-order valence-corrected chi connectivity index (χ1v) is 8.12. The Bertz CT molecular complexity index is 627. The van der Waals surface area contributed by atoms with E-state index in [1.807, 2.05) is 25.1 Å². The quantitative estimate of drug-likeness (QED) is 0.764. The number of rotatable bonds is 6. The molecular weight excluding hydrogens is 298 g/mol. The summed E-state index contributed by atoms with van der Waals surface area (Å²) in [7, 11) is 0. The molecule has 0 radical (unpaired) electrons. The maximum Gasteiger partial charge on any atom is 0.321 e. The lowest BCUT2D eigenvalue weighted by molar-refractivity contribution is 0.245. The van der Waals surface area contributed by atoms with Gasteiger partial charge in [0.15, 0.2) is 5.13 Å². The number of urea groups is 1. The third kappa shape index (κ3) is 4.54. The average Bonchev–Trinajstić information content (AvgIpc) is 2.93. The SMILES string of the molecule is Cc1ccccc1-c1cnc(NC(=O)NC(C)CCCO)s1. The number of carbonyl (C=O) groups is 1. The van der Waals surface area contributed by atoms with Crippen LogP contribution in [-0.2, 0) is 0 Å². The summed E-state index contributed by atoms with van der Waals surface area (Å²) in [6, 6.07) is 7.84. The number of aliphatic hydroxyl groups is 1. The number of nitrogens with zero attached hydrogens (tertiary/aromatic N) is 1. The van der Waals surface area contributed by atoms with Crippen LogP contribution >= 0.6 is 11.3 Å². The van der Waals surface area contributed by atoms with Crippen molar-refractivity contribution >= 4 is 22.5 Å². The number of amides is 2. The fraction of sp³-hybridized carbons (Fsp3) is 0.375. The molecule has 1 aromatic carbocycles. The summed E-state index contributed by atoms with van der Waals surface area (Å²) >= 11 is 1.45. The van der Waals surface area contributed by atoms with Gasteiger partial charge in [-0.1, -0.05) is 35.6 Å². The second kappa shape index (κ2) is 7.91. The summed E-state index contributed by atoms with van der Waals surface area (Å²) in [5.41, 5.74) is 2.31.